The third-order valence-electron chi connectivity index (χ3n) is 6.97. The number of rotatable bonds is 3. The summed E-state index contributed by atoms with van der Waals surface area (Å²) in [5.74, 6) is -0.584. The van der Waals surface area contributed by atoms with E-state index in [1.54, 1.807) is 41.3 Å². The molecule has 1 aromatic heterocycles. The van der Waals surface area contributed by atoms with Gasteiger partial charge in [-0.05, 0) is 37.3 Å². The van der Waals surface area contributed by atoms with E-state index < -0.39 is 11.4 Å². The number of fused-ring (bicyclic) bond motifs is 2. The minimum Gasteiger partial charge on any atom is -0.385 e. The van der Waals surface area contributed by atoms with Gasteiger partial charge in [-0.25, -0.2) is 9.49 Å². The largest absolute Gasteiger partial charge is 0.385 e. The van der Waals surface area contributed by atoms with Crippen LogP contribution in [0.5, 0.6) is 0 Å². The smallest absolute Gasteiger partial charge is 0.272 e. The third kappa shape index (κ3) is 3.33. The number of aliphatic hydroxyl groups is 1. The highest BCUT2D eigenvalue weighted by atomic mass is 19.1. The second-order valence-corrected chi connectivity index (χ2v) is 8.68. The van der Waals surface area contributed by atoms with Gasteiger partial charge >= 0.3 is 0 Å². The van der Waals surface area contributed by atoms with Crippen LogP contribution >= 0.6 is 0 Å². The molecule has 2 heterocycles. The van der Waals surface area contributed by atoms with Crippen molar-refractivity contribution < 1.29 is 14.3 Å². The van der Waals surface area contributed by atoms with E-state index in [4.69, 9.17) is 0 Å². The first kappa shape index (κ1) is 19.9. The van der Waals surface area contributed by atoms with Crippen LogP contribution in [0.4, 0.5) is 4.39 Å². The summed E-state index contributed by atoms with van der Waals surface area (Å²) in [6, 6.07) is 13.5. The molecule has 2 aromatic carbocycles. The summed E-state index contributed by atoms with van der Waals surface area (Å²) in [6.45, 7) is 0.928. The van der Waals surface area contributed by atoms with Crippen molar-refractivity contribution in [1.82, 2.24) is 15.1 Å². The van der Waals surface area contributed by atoms with Gasteiger partial charge < -0.3 is 10.0 Å². The zero-order valence-corrected chi connectivity index (χ0v) is 17.1. The summed E-state index contributed by atoms with van der Waals surface area (Å²) < 4.78 is 14.5. The van der Waals surface area contributed by atoms with Gasteiger partial charge in [0.05, 0.1) is 23.1 Å². The van der Waals surface area contributed by atoms with E-state index >= 15 is 0 Å². The van der Waals surface area contributed by atoms with Gasteiger partial charge in [-0.3, -0.25) is 9.59 Å². The first-order valence-electron chi connectivity index (χ1n) is 10.7. The molecule has 2 N–H and O–H groups in total. The second kappa shape index (κ2) is 7.57. The summed E-state index contributed by atoms with van der Waals surface area (Å²) in [6.07, 6.45) is 2.25. The Hall–Kier alpha value is -3.06. The molecule has 7 heteroatoms. The van der Waals surface area contributed by atoms with Crippen molar-refractivity contribution in [2.45, 2.75) is 31.3 Å². The Balaban J connectivity index is 1.40. The molecule has 3 aromatic rings. The van der Waals surface area contributed by atoms with E-state index in [-0.39, 0.29) is 29.7 Å². The highest BCUT2D eigenvalue weighted by Crippen LogP contribution is 2.48. The van der Waals surface area contributed by atoms with Crippen LogP contribution in [0.3, 0.4) is 0 Å². The molecule has 0 bridgehead atoms. The first-order valence-corrected chi connectivity index (χ1v) is 10.7. The third-order valence-corrected chi connectivity index (χ3v) is 6.97. The molecule has 1 aliphatic carbocycles. The Labute approximate surface area is 178 Å². The standard InChI is InChI=1S/C24H24FN3O3/c25-20-10-4-3-9-18(20)24(31)11-5-6-15-13-28(14-19(15)24)22(29)12-21-16-7-1-2-8-17(16)23(30)27-26-21/h1-4,7-10,15,19,31H,5-6,11-14H2,(H,27,30)/t15-,19+,24-/m0/s1. The van der Waals surface area contributed by atoms with Gasteiger partial charge in [0.15, 0.2) is 0 Å². The Morgan fingerprint density at radius 1 is 1.16 bits per heavy atom. The van der Waals surface area contributed by atoms with Crippen molar-refractivity contribution in [1.29, 1.82) is 0 Å². The highest BCUT2D eigenvalue weighted by molar-refractivity contribution is 5.88. The molecule has 3 atom stereocenters. The average molecular weight is 421 g/mol. The van der Waals surface area contributed by atoms with Gasteiger partial charge in [-0.15, -0.1) is 0 Å². The number of likely N-dealkylation sites (tertiary alicyclic amines) is 1. The van der Waals surface area contributed by atoms with Crippen LogP contribution in [-0.4, -0.2) is 39.2 Å². The van der Waals surface area contributed by atoms with Gasteiger partial charge in [-0.1, -0.05) is 36.4 Å². The Bertz CT molecular complexity index is 1210. The highest BCUT2D eigenvalue weighted by Gasteiger charge is 2.51. The number of nitrogens with zero attached hydrogens (tertiary/aromatic N) is 2. The number of carbonyl (C=O) groups is 1. The molecule has 1 amide bonds. The SMILES string of the molecule is O=C(Cc1n[nH]c(=O)c2ccccc12)N1C[C@@H]2CCC[C@](O)(c3ccccc3F)[C@@H]2C1. The molecular weight excluding hydrogens is 397 g/mol. The summed E-state index contributed by atoms with van der Waals surface area (Å²) in [5.41, 5.74) is -0.702. The zero-order chi connectivity index (χ0) is 21.6. The van der Waals surface area contributed by atoms with Crippen molar-refractivity contribution in [3.8, 4) is 0 Å². The minimum atomic E-state index is -1.27. The lowest BCUT2D eigenvalue weighted by Crippen LogP contribution is -2.43. The maximum atomic E-state index is 14.5. The predicted molar refractivity (Wildman–Crippen MR) is 114 cm³/mol. The monoisotopic (exact) mass is 421 g/mol. The first-order chi connectivity index (χ1) is 15.0. The molecule has 160 valence electrons. The molecule has 31 heavy (non-hydrogen) atoms. The normalized spacial score (nSPS) is 25.5. The molecule has 0 radical (unpaired) electrons. The fraction of sp³-hybridized carbons (Fsp3) is 0.375. The van der Waals surface area contributed by atoms with Crippen molar-refractivity contribution in [3.63, 3.8) is 0 Å². The van der Waals surface area contributed by atoms with Crippen LogP contribution in [0.15, 0.2) is 53.3 Å². The van der Waals surface area contributed by atoms with Gasteiger partial charge in [0, 0.05) is 30.0 Å². The van der Waals surface area contributed by atoms with Crippen LogP contribution in [0.1, 0.15) is 30.5 Å². The fourth-order valence-corrected chi connectivity index (χ4v) is 5.44. The topological polar surface area (TPSA) is 86.3 Å². The van der Waals surface area contributed by atoms with E-state index in [0.717, 1.165) is 12.8 Å². The number of amides is 1. The molecule has 5 rings (SSSR count). The molecule has 1 saturated heterocycles. The molecule has 2 aliphatic rings. The Morgan fingerprint density at radius 2 is 1.90 bits per heavy atom. The average Bonchev–Trinajstić information content (AvgIpc) is 3.22. The number of halogens is 1. The zero-order valence-electron chi connectivity index (χ0n) is 17.1. The van der Waals surface area contributed by atoms with E-state index in [1.807, 2.05) is 6.07 Å². The van der Waals surface area contributed by atoms with Gasteiger partial charge in [0.2, 0.25) is 5.91 Å². The maximum absolute atomic E-state index is 14.5. The number of aromatic nitrogens is 2. The summed E-state index contributed by atoms with van der Waals surface area (Å²) >= 11 is 0. The second-order valence-electron chi connectivity index (χ2n) is 8.68. The number of benzene rings is 2. The van der Waals surface area contributed by atoms with Crippen LogP contribution < -0.4 is 5.56 Å². The van der Waals surface area contributed by atoms with E-state index in [2.05, 4.69) is 10.2 Å². The van der Waals surface area contributed by atoms with Crippen molar-refractivity contribution in [2.24, 2.45) is 11.8 Å². The molecule has 1 saturated carbocycles. The van der Waals surface area contributed by atoms with Gasteiger partial charge in [0.25, 0.3) is 5.56 Å². The maximum Gasteiger partial charge on any atom is 0.272 e. The van der Waals surface area contributed by atoms with Crippen LogP contribution in [0.25, 0.3) is 10.8 Å². The number of aromatic amines is 1. The molecule has 0 spiro atoms. The van der Waals surface area contributed by atoms with Crippen molar-refractivity contribution in [2.75, 3.05) is 13.1 Å². The van der Waals surface area contributed by atoms with Crippen molar-refractivity contribution in [3.05, 3.63) is 76.0 Å². The minimum absolute atomic E-state index is 0.0643. The molecule has 2 fully saturated rings. The number of carbonyl (C=O) groups excluding carboxylic acids is 1. The lowest BCUT2D eigenvalue weighted by Gasteiger charge is -2.41. The number of H-pyrrole nitrogens is 1. The van der Waals surface area contributed by atoms with Crippen LogP contribution in [0, 0.1) is 17.7 Å². The molecule has 1 aliphatic heterocycles. The van der Waals surface area contributed by atoms with Gasteiger partial charge in [0.1, 0.15) is 5.82 Å². The predicted octanol–water partition coefficient (Wildman–Crippen LogP) is 2.75. The van der Waals surface area contributed by atoms with E-state index in [9.17, 15) is 19.1 Å². The van der Waals surface area contributed by atoms with Gasteiger partial charge in [-0.2, -0.15) is 5.10 Å². The molecule has 6 nitrogen and oxygen atoms in total. The van der Waals surface area contributed by atoms with Crippen LogP contribution in [-0.2, 0) is 16.8 Å². The lowest BCUT2D eigenvalue weighted by molar-refractivity contribution is -0.130. The quantitative estimate of drug-likeness (QED) is 0.681. The number of hydrogen-bond donors (Lipinski definition) is 2. The molecule has 0 unspecified atom stereocenters. The number of hydrogen-bond acceptors (Lipinski definition) is 4. The molecular formula is C24H24FN3O3. The summed E-state index contributed by atoms with van der Waals surface area (Å²) in [7, 11) is 0. The Kier molecular flexibility index (Phi) is 4.85. The summed E-state index contributed by atoms with van der Waals surface area (Å²) in [4.78, 5) is 26.9. The summed E-state index contributed by atoms with van der Waals surface area (Å²) in [5, 5.41) is 19.3. The van der Waals surface area contributed by atoms with Crippen LogP contribution in [0.2, 0.25) is 0 Å². The fourth-order valence-electron chi connectivity index (χ4n) is 5.44. The number of nitrogens with one attached hydrogen (secondary N) is 1. The van der Waals surface area contributed by atoms with Crippen molar-refractivity contribution >= 4 is 16.7 Å². The Morgan fingerprint density at radius 3 is 2.71 bits per heavy atom. The lowest BCUT2D eigenvalue weighted by atomic mass is 9.67. The van der Waals surface area contributed by atoms with E-state index in [0.29, 0.717) is 41.5 Å². The van der Waals surface area contributed by atoms with E-state index in [1.165, 1.54) is 6.07 Å².